The molecule has 0 spiro atoms. The van der Waals surface area contributed by atoms with Crippen molar-refractivity contribution in [1.29, 1.82) is 0 Å². The fraction of sp³-hybridized carbons (Fsp3) is 0.235. The van der Waals surface area contributed by atoms with Crippen molar-refractivity contribution in [2.24, 2.45) is 0 Å². The molecule has 0 fully saturated rings. The standard InChI is InChI=1S/C17H19N3O3S2/c1-12-6-7-16(24-12)25(22,23)19-9-8-18-17-14(11-21)10-13-4-2-3-5-15(13)20-17/h2-7,10,19,21H,8-9,11H2,1H3,(H,18,20). The number of fused-ring (bicyclic) bond motifs is 1. The van der Waals surface area contributed by atoms with Crippen molar-refractivity contribution in [2.75, 3.05) is 18.4 Å². The quantitative estimate of drug-likeness (QED) is 0.550. The molecule has 0 aliphatic heterocycles. The number of anilines is 1. The minimum Gasteiger partial charge on any atom is -0.392 e. The summed E-state index contributed by atoms with van der Waals surface area (Å²) < 4.78 is 27.2. The van der Waals surface area contributed by atoms with E-state index in [0.717, 1.165) is 15.8 Å². The molecule has 0 aliphatic rings. The number of aliphatic hydroxyl groups is 1. The van der Waals surface area contributed by atoms with Gasteiger partial charge in [0.15, 0.2) is 0 Å². The molecule has 0 atom stereocenters. The van der Waals surface area contributed by atoms with Gasteiger partial charge >= 0.3 is 0 Å². The summed E-state index contributed by atoms with van der Waals surface area (Å²) in [6, 6.07) is 12.9. The van der Waals surface area contributed by atoms with Gasteiger partial charge in [0, 0.05) is 28.9 Å². The number of aryl methyl sites for hydroxylation is 1. The van der Waals surface area contributed by atoms with Crippen molar-refractivity contribution in [2.45, 2.75) is 17.7 Å². The average molecular weight is 377 g/mol. The molecule has 25 heavy (non-hydrogen) atoms. The van der Waals surface area contributed by atoms with Crippen LogP contribution in [0.3, 0.4) is 0 Å². The summed E-state index contributed by atoms with van der Waals surface area (Å²) in [4.78, 5) is 5.45. The van der Waals surface area contributed by atoms with Crippen LogP contribution in [-0.4, -0.2) is 31.6 Å². The van der Waals surface area contributed by atoms with E-state index in [2.05, 4.69) is 15.0 Å². The maximum atomic E-state index is 12.2. The molecule has 0 aliphatic carbocycles. The van der Waals surface area contributed by atoms with Crippen LogP contribution in [0.5, 0.6) is 0 Å². The van der Waals surface area contributed by atoms with Crippen LogP contribution >= 0.6 is 11.3 Å². The van der Waals surface area contributed by atoms with E-state index in [9.17, 15) is 13.5 Å². The molecular formula is C17H19N3O3S2. The van der Waals surface area contributed by atoms with Crippen molar-refractivity contribution in [3.05, 3.63) is 52.9 Å². The van der Waals surface area contributed by atoms with Gasteiger partial charge in [0.05, 0.1) is 12.1 Å². The Hall–Kier alpha value is -2.00. The van der Waals surface area contributed by atoms with E-state index in [-0.39, 0.29) is 13.2 Å². The number of hydrogen-bond donors (Lipinski definition) is 3. The predicted molar refractivity (Wildman–Crippen MR) is 100 cm³/mol. The number of para-hydroxylation sites is 1. The summed E-state index contributed by atoms with van der Waals surface area (Å²) in [5.74, 6) is 0.562. The number of sulfonamides is 1. The summed E-state index contributed by atoms with van der Waals surface area (Å²) in [5, 5.41) is 13.6. The highest BCUT2D eigenvalue weighted by Gasteiger charge is 2.15. The number of nitrogens with one attached hydrogen (secondary N) is 2. The average Bonchev–Trinajstić information content (AvgIpc) is 3.05. The number of rotatable bonds is 7. The molecule has 1 aromatic carbocycles. The molecule has 3 rings (SSSR count). The Labute approximate surface area is 150 Å². The highest BCUT2D eigenvalue weighted by molar-refractivity contribution is 7.91. The minimum atomic E-state index is -3.49. The van der Waals surface area contributed by atoms with Crippen molar-refractivity contribution in [1.82, 2.24) is 9.71 Å². The zero-order chi connectivity index (χ0) is 17.9. The van der Waals surface area contributed by atoms with Gasteiger partial charge in [0.1, 0.15) is 10.0 Å². The fourth-order valence-corrected chi connectivity index (χ4v) is 4.79. The Kier molecular flexibility index (Phi) is 5.33. The van der Waals surface area contributed by atoms with E-state index in [0.29, 0.717) is 22.1 Å². The lowest BCUT2D eigenvalue weighted by molar-refractivity contribution is 0.282. The number of nitrogens with zero attached hydrogens (tertiary/aromatic N) is 1. The highest BCUT2D eigenvalue weighted by Crippen LogP contribution is 2.21. The lowest BCUT2D eigenvalue weighted by atomic mass is 10.1. The normalized spacial score (nSPS) is 11.8. The first kappa shape index (κ1) is 17.8. The van der Waals surface area contributed by atoms with Gasteiger partial charge in [-0.3, -0.25) is 0 Å². The fourth-order valence-electron chi connectivity index (χ4n) is 2.43. The van der Waals surface area contributed by atoms with E-state index in [1.165, 1.54) is 11.3 Å². The van der Waals surface area contributed by atoms with Gasteiger partial charge < -0.3 is 10.4 Å². The molecule has 0 saturated carbocycles. The van der Waals surface area contributed by atoms with Gasteiger partial charge in [0.25, 0.3) is 0 Å². The zero-order valence-electron chi connectivity index (χ0n) is 13.7. The second-order valence-electron chi connectivity index (χ2n) is 5.54. The second-order valence-corrected chi connectivity index (χ2v) is 8.82. The number of benzene rings is 1. The van der Waals surface area contributed by atoms with Gasteiger partial charge in [-0.15, -0.1) is 11.3 Å². The third-order valence-corrected chi connectivity index (χ3v) is 6.62. The van der Waals surface area contributed by atoms with Gasteiger partial charge in [-0.1, -0.05) is 18.2 Å². The van der Waals surface area contributed by atoms with Gasteiger partial charge in [-0.25, -0.2) is 18.1 Å². The maximum absolute atomic E-state index is 12.2. The number of aromatic nitrogens is 1. The maximum Gasteiger partial charge on any atom is 0.250 e. The van der Waals surface area contributed by atoms with Crippen LogP contribution in [0, 0.1) is 6.92 Å². The lowest BCUT2D eigenvalue weighted by Gasteiger charge is -2.11. The third kappa shape index (κ3) is 4.16. The molecule has 0 amide bonds. The van der Waals surface area contributed by atoms with Gasteiger partial charge in [0.2, 0.25) is 10.0 Å². The van der Waals surface area contributed by atoms with Crippen LogP contribution < -0.4 is 10.0 Å². The molecule has 0 radical (unpaired) electrons. The van der Waals surface area contributed by atoms with Crippen molar-refractivity contribution >= 4 is 38.1 Å². The number of aliphatic hydroxyl groups excluding tert-OH is 1. The summed E-state index contributed by atoms with van der Waals surface area (Å²) in [6.07, 6.45) is 0. The minimum absolute atomic E-state index is 0.139. The highest BCUT2D eigenvalue weighted by atomic mass is 32.2. The largest absolute Gasteiger partial charge is 0.392 e. The third-order valence-electron chi connectivity index (χ3n) is 3.66. The van der Waals surface area contributed by atoms with Crippen LogP contribution in [0.15, 0.2) is 46.7 Å². The molecule has 6 nitrogen and oxygen atoms in total. The van der Waals surface area contributed by atoms with Crippen molar-refractivity contribution in [3.63, 3.8) is 0 Å². The van der Waals surface area contributed by atoms with Crippen LogP contribution in [0.1, 0.15) is 10.4 Å². The molecular weight excluding hydrogens is 358 g/mol. The predicted octanol–water partition coefficient (Wildman–Crippen LogP) is 2.49. The van der Waals surface area contributed by atoms with Gasteiger partial charge in [-0.05, 0) is 31.2 Å². The monoisotopic (exact) mass is 377 g/mol. The second kappa shape index (κ2) is 7.49. The van der Waals surface area contributed by atoms with Crippen molar-refractivity contribution in [3.8, 4) is 0 Å². The molecule has 2 aromatic heterocycles. The van der Waals surface area contributed by atoms with Crippen LogP contribution in [0.25, 0.3) is 10.9 Å². The van der Waals surface area contributed by atoms with Crippen molar-refractivity contribution < 1.29 is 13.5 Å². The Morgan fingerprint density at radius 3 is 2.68 bits per heavy atom. The summed E-state index contributed by atoms with van der Waals surface area (Å²) in [5.41, 5.74) is 1.49. The molecule has 132 valence electrons. The lowest BCUT2D eigenvalue weighted by Crippen LogP contribution is -2.28. The van der Waals surface area contributed by atoms with E-state index >= 15 is 0 Å². The SMILES string of the molecule is Cc1ccc(S(=O)(=O)NCCNc2nc3ccccc3cc2CO)s1. The Morgan fingerprint density at radius 2 is 1.96 bits per heavy atom. The first-order chi connectivity index (χ1) is 12.0. The topological polar surface area (TPSA) is 91.3 Å². The molecule has 3 N–H and O–H groups in total. The van der Waals surface area contributed by atoms with Gasteiger partial charge in [-0.2, -0.15) is 0 Å². The Morgan fingerprint density at radius 1 is 1.16 bits per heavy atom. The van der Waals surface area contributed by atoms with Crippen LogP contribution in [0.2, 0.25) is 0 Å². The summed E-state index contributed by atoms with van der Waals surface area (Å²) in [6.45, 7) is 2.31. The Bertz CT molecular complexity index is 984. The molecule has 0 saturated heterocycles. The number of thiophene rings is 1. The molecule has 0 unspecified atom stereocenters. The van der Waals surface area contributed by atoms with E-state index in [4.69, 9.17) is 0 Å². The molecule has 3 aromatic rings. The first-order valence-electron chi connectivity index (χ1n) is 7.79. The van der Waals surface area contributed by atoms with Crippen LogP contribution in [-0.2, 0) is 16.6 Å². The van der Waals surface area contributed by atoms with E-state index in [1.807, 2.05) is 37.3 Å². The smallest absolute Gasteiger partial charge is 0.250 e. The molecule has 0 bridgehead atoms. The summed E-state index contributed by atoms with van der Waals surface area (Å²) in [7, 11) is -3.49. The van der Waals surface area contributed by atoms with E-state index in [1.54, 1.807) is 12.1 Å². The first-order valence-corrected chi connectivity index (χ1v) is 10.1. The Balaban J connectivity index is 1.65. The molecule has 2 heterocycles. The number of pyridine rings is 1. The van der Waals surface area contributed by atoms with Crippen LogP contribution in [0.4, 0.5) is 5.82 Å². The zero-order valence-corrected chi connectivity index (χ0v) is 15.3. The molecule has 8 heteroatoms. The summed E-state index contributed by atoms with van der Waals surface area (Å²) >= 11 is 1.24. The number of hydrogen-bond acceptors (Lipinski definition) is 6. The van der Waals surface area contributed by atoms with E-state index < -0.39 is 10.0 Å².